The van der Waals surface area contributed by atoms with Gasteiger partial charge in [-0.3, -0.25) is 4.79 Å². The predicted molar refractivity (Wildman–Crippen MR) is 111 cm³/mol. The van der Waals surface area contributed by atoms with Gasteiger partial charge in [0.05, 0.1) is 11.4 Å². The summed E-state index contributed by atoms with van der Waals surface area (Å²) in [6.07, 6.45) is 0. The Kier molecular flexibility index (Phi) is 6.67. The molecule has 1 fully saturated rings. The second-order valence-corrected chi connectivity index (χ2v) is 11.3. The third kappa shape index (κ3) is 4.75. The first kappa shape index (κ1) is 22.9. The van der Waals surface area contributed by atoms with Crippen LogP contribution in [0.25, 0.3) is 0 Å². The van der Waals surface area contributed by atoms with Crippen molar-refractivity contribution in [2.45, 2.75) is 23.6 Å². The number of amides is 1. The molecule has 1 aromatic carbocycles. The van der Waals surface area contributed by atoms with Crippen LogP contribution in [-0.2, 0) is 24.8 Å². The molecule has 1 aliphatic heterocycles. The number of aromatic nitrogens is 1. The molecule has 2 aromatic rings. The fraction of sp³-hybridized carbons (Fsp3) is 0.412. The molecule has 0 spiro atoms. The maximum atomic E-state index is 12.8. The SMILES string of the molecule is Cc1noc(C)c1S(=O)(=O)N1CCN(C(=O)CNS(=O)(=O)c2cccc(Br)c2)CC1. The Balaban J connectivity index is 1.59. The van der Waals surface area contributed by atoms with Gasteiger partial charge in [-0.2, -0.15) is 4.31 Å². The molecule has 0 aliphatic carbocycles. The molecular weight excluding hydrogens is 500 g/mol. The summed E-state index contributed by atoms with van der Waals surface area (Å²) in [6.45, 7) is 3.17. The molecule has 2 heterocycles. The van der Waals surface area contributed by atoms with E-state index >= 15 is 0 Å². The minimum Gasteiger partial charge on any atom is -0.360 e. The lowest BCUT2D eigenvalue weighted by Crippen LogP contribution is -2.52. The van der Waals surface area contributed by atoms with Crippen molar-refractivity contribution in [3.05, 3.63) is 40.2 Å². The lowest BCUT2D eigenvalue weighted by atomic mass is 10.3. The minimum atomic E-state index is -3.84. The Morgan fingerprint density at radius 3 is 2.40 bits per heavy atom. The van der Waals surface area contributed by atoms with Crippen LogP contribution in [0, 0.1) is 13.8 Å². The van der Waals surface area contributed by atoms with Gasteiger partial charge in [0.25, 0.3) is 0 Å². The number of carbonyl (C=O) groups excluding carboxylic acids is 1. The molecule has 1 aliphatic rings. The van der Waals surface area contributed by atoms with Gasteiger partial charge >= 0.3 is 0 Å². The maximum absolute atomic E-state index is 12.8. The third-order valence-electron chi connectivity index (χ3n) is 4.68. The second-order valence-electron chi connectivity index (χ2n) is 6.72. The highest BCUT2D eigenvalue weighted by Gasteiger charge is 2.34. The van der Waals surface area contributed by atoms with Gasteiger partial charge in [-0.1, -0.05) is 27.2 Å². The highest BCUT2D eigenvalue weighted by molar-refractivity contribution is 9.10. The van der Waals surface area contributed by atoms with Gasteiger partial charge in [-0.05, 0) is 32.0 Å². The van der Waals surface area contributed by atoms with Crippen LogP contribution >= 0.6 is 15.9 Å². The Morgan fingerprint density at radius 2 is 1.83 bits per heavy atom. The van der Waals surface area contributed by atoms with Crippen molar-refractivity contribution in [1.82, 2.24) is 19.1 Å². The molecule has 1 saturated heterocycles. The number of hydrogen-bond donors (Lipinski definition) is 1. The van der Waals surface area contributed by atoms with Crippen LogP contribution < -0.4 is 4.72 Å². The summed E-state index contributed by atoms with van der Waals surface area (Å²) in [5, 5.41) is 3.68. The van der Waals surface area contributed by atoms with Crippen molar-refractivity contribution in [2.75, 3.05) is 32.7 Å². The minimum absolute atomic E-state index is 0.0417. The van der Waals surface area contributed by atoms with Crippen LogP contribution in [0.2, 0.25) is 0 Å². The second kappa shape index (κ2) is 8.75. The number of carbonyl (C=O) groups is 1. The van der Waals surface area contributed by atoms with Crippen LogP contribution in [-0.4, -0.2) is 69.8 Å². The van der Waals surface area contributed by atoms with Crippen LogP contribution in [0.3, 0.4) is 0 Å². The third-order valence-corrected chi connectivity index (χ3v) is 8.71. The van der Waals surface area contributed by atoms with Gasteiger partial charge in [-0.15, -0.1) is 0 Å². The summed E-state index contributed by atoms with van der Waals surface area (Å²) >= 11 is 3.21. The molecule has 0 radical (unpaired) electrons. The van der Waals surface area contributed by atoms with E-state index in [2.05, 4.69) is 25.8 Å². The molecule has 1 aromatic heterocycles. The summed E-state index contributed by atoms with van der Waals surface area (Å²) in [4.78, 5) is 14.0. The number of nitrogens with zero attached hydrogens (tertiary/aromatic N) is 3. The fourth-order valence-electron chi connectivity index (χ4n) is 3.14. The van der Waals surface area contributed by atoms with E-state index in [1.165, 1.54) is 28.3 Å². The zero-order chi connectivity index (χ0) is 22.1. The average molecular weight is 521 g/mol. The first-order valence-corrected chi connectivity index (χ1v) is 12.7. The summed E-state index contributed by atoms with van der Waals surface area (Å²) in [6, 6.07) is 6.14. The molecule has 164 valence electrons. The number of hydrogen-bond acceptors (Lipinski definition) is 7. The normalized spacial score (nSPS) is 16.0. The maximum Gasteiger partial charge on any atom is 0.248 e. The topological polar surface area (TPSA) is 130 Å². The summed E-state index contributed by atoms with van der Waals surface area (Å²) in [5.41, 5.74) is 0.285. The average Bonchev–Trinajstić information content (AvgIpc) is 3.05. The van der Waals surface area contributed by atoms with E-state index in [0.29, 0.717) is 4.47 Å². The quantitative estimate of drug-likeness (QED) is 0.597. The largest absolute Gasteiger partial charge is 0.360 e. The number of sulfonamides is 2. The zero-order valence-electron chi connectivity index (χ0n) is 16.3. The Morgan fingerprint density at radius 1 is 1.17 bits per heavy atom. The van der Waals surface area contributed by atoms with Crippen LogP contribution in [0.4, 0.5) is 0 Å². The highest BCUT2D eigenvalue weighted by Crippen LogP contribution is 2.24. The first-order chi connectivity index (χ1) is 14.0. The van der Waals surface area contributed by atoms with Crippen molar-refractivity contribution < 1.29 is 26.2 Å². The van der Waals surface area contributed by atoms with Gasteiger partial charge in [0.15, 0.2) is 5.76 Å². The highest BCUT2D eigenvalue weighted by atomic mass is 79.9. The molecule has 13 heteroatoms. The van der Waals surface area contributed by atoms with Crippen molar-refractivity contribution in [2.24, 2.45) is 0 Å². The Bertz CT molecular complexity index is 1140. The number of piperazine rings is 1. The van der Waals surface area contributed by atoms with Crippen LogP contribution in [0.1, 0.15) is 11.5 Å². The number of benzene rings is 1. The Hall–Kier alpha value is -1.80. The molecule has 0 unspecified atom stereocenters. The van der Waals surface area contributed by atoms with Crippen LogP contribution in [0.5, 0.6) is 0 Å². The van der Waals surface area contributed by atoms with Crippen molar-refractivity contribution in [3.8, 4) is 0 Å². The number of halogens is 1. The summed E-state index contributed by atoms with van der Waals surface area (Å²) < 4.78 is 59.5. The zero-order valence-corrected chi connectivity index (χ0v) is 19.5. The smallest absolute Gasteiger partial charge is 0.248 e. The molecule has 1 N–H and O–H groups in total. The van der Waals surface area contributed by atoms with Crippen molar-refractivity contribution in [1.29, 1.82) is 0 Å². The van der Waals surface area contributed by atoms with E-state index in [1.54, 1.807) is 19.1 Å². The van der Waals surface area contributed by atoms with E-state index < -0.39 is 32.5 Å². The standard InChI is InChI=1S/C17H21BrN4O6S2/c1-12-17(13(2)28-20-12)30(26,27)22-8-6-21(7-9-22)16(23)11-19-29(24,25)15-5-3-4-14(18)10-15/h3-5,10,19H,6-9,11H2,1-2H3. The van der Waals surface area contributed by atoms with E-state index in [9.17, 15) is 21.6 Å². The molecule has 0 atom stereocenters. The van der Waals surface area contributed by atoms with Gasteiger partial charge in [0.1, 0.15) is 10.6 Å². The van der Waals surface area contributed by atoms with Crippen molar-refractivity contribution in [3.63, 3.8) is 0 Å². The number of rotatable bonds is 6. The first-order valence-electron chi connectivity index (χ1n) is 8.98. The van der Waals surface area contributed by atoms with E-state index in [-0.39, 0.29) is 47.4 Å². The Labute approximate surface area is 183 Å². The molecular formula is C17H21BrN4O6S2. The predicted octanol–water partition coefficient (Wildman–Crippen LogP) is 0.865. The molecule has 0 saturated carbocycles. The molecule has 1 amide bonds. The van der Waals surface area contributed by atoms with E-state index in [4.69, 9.17) is 4.52 Å². The summed E-state index contributed by atoms with van der Waals surface area (Å²) in [5.74, 6) is -0.212. The number of nitrogens with one attached hydrogen (secondary N) is 1. The monoisotopic (exact) mass is 520 g/mol. The van der Waals surface area contributed by atoms with Crippen LogP contribution in [0.15, 0.2) is 43.1 Å². The number of aryl methyl sites for hydroxylation is 2. The van der Waals surface area contributed by atoms with Gasteiger partial charge in [-0.25, -0.2) is 21.6 Å². The summed E-state index contributed by atoms with van der Waals surface area (Å²) in [7, 11) is -7.62. The van der Waals surface area contributed by atoms with E-state index in [0.717, 1.165) is 0 Å². The lowest BCUT2D eigenvalue weighted by Gasteiger charge is -2.34. The van der Waals surface area contributed by atoms with E-state index in [1.807, 2.05) is 0 Å². The van der Waals surface area contributed by atoms with Crippen molar-refractivity contribution >= 4 is 41.9 Å². The molecule has 10 nitrogen and oxygen atoms in total. The van der Waals surface area contributed by atoms with Gasteiger partial charge < -0.3 is 9.42 Å². The molecule has 3 rings (SSSR count). The molecule has 30 heavy (non-hydrogen) atoms. The van der Waals surface area contributed by atoms with Gasteiger partial charge in [0.2, 0.25) is 26.0 Å². The lowest BCUT2D eigenvalue weighted by molar-refractivity contribution is -0.131. The van der Waals surface area contributed by atoms with Gasteiger partial charge in [0, 0.05) is 30.7 Å². The molecule has 0 bridgehead atoms. The fourth-order valence-corrected chi connectivity index (χ4v) is 6.42.